The SMILES string of the molecule is CC(C)(C)OC(=O)N1CCC2(CC(=O)C2)C1.CNC(=O)c1ccc(N)cc1.CNC(=O)c1ccc(NC2CC3(CCN(C(=O)OC(C)(C)C)C3)C2)cc1. The Bertz CT molecular complexity index is 1610. The van der Waals surface area contributed by atoms with Gasteiger partial charge in [-0.1, -0.05) is 0 Å². The summed E-state index contributed by atoms with van der Waals surface area (Å²) in [6.07, 6.45) is 4.95. The maximum absolute atomic E-state index is 12.2. The molecule has 4 fully saturated rings. The molecule has 0 unspecified atom stereocenters. The van der Waals surface area contributed by atoms with E-state index >= 15 is 0 Å². The number of hydrogen-bond donors (Lipinski definition) is 4. The van der Waals surface area contributed by atoms with E-state index in [0.717, 1.165) is 51.0 Å². The molecule has 13 nitrogen and oxygen atoms in total. The van der Waals surface area contributed by atoms with Crippen molar-refractivity contribution in [3.05, 3.63) is 59.7 Å². The number of carbonyl (C=O) groups excluding carboxylic acids is 5. The van der Waals surface area contributed by atoms with Crippen LogP contribution in [0.25, 0.3) is 0 Å². The van der Waals surface area contributed by atoms with Gasteiger partial charge in [0.2, 0.25) is 0 Å². The average Bonchev–Trinajstić information content (AvgIpc) is 3.70. The number of carbonyl (C=O) groups is 5. The molecule has 2 aromatic rings. The number of Topliss-reactive ketones (excluding diaryl/α,β-unsaturated/α-hetero) is 1. The van der Waals surface area contributed by atoms with E-state index in [2.05, 4.69) is 16.0 Å². The molecule has 0 aromatic heterocycles. The Hall–Kier alpha value is -4.81. The maximum atomic E-state index is 12.2. The summed E-state index contributed by atoms with van der Waals surface area (Å²) in [6, 6.07) is 14.7. The van der Waals surface area contributed by atoms with Gasteiger partial charge in [0, 0.05) is 87.1 Å². The third kappa shape index (κ3) is 11.6. The topological polar surface area (TPSA) is 172 Å². The van der Waals surface area contributed by atoms with Crippen LogP contribution >= 0.6 is 0 Å². The third-order valence-electron chi connectivity index (χ3n) is 9.83. The van der Waals surface area contributed by atoms with Gasteiger partial charge in [0.15, 0.2) is 0 Å². The summed E-state index contributed by atoms with van der Waals surface area (Å²) in [6.45, 7) is 14.3. The Morgan fingerprint density at radius 3 is 1.53 bits per heavy atom. The van der Waals surface area contributed by atoms with Crippen LogP contribution in [0.5, 0.6) is 0 Å². The second-order valence-corrected chi connectivity index (χ2v) is 16.8. The second-order valence-electron chi connectivity index (χ2n) is 16.8. The van der Waals surface area contributed by atoms with E-state index in [1.807, 2.05) is 70.7 Å². The summed E-state index contributed by atoms with van der Waals surface area (Å²) in [7, 11) is 3.23. The van der Waals surface area contributed by atoms with Crippen molar-refractivity contribution in [2.75, 3.05) is 51.3 Å². The Kier molecular flexibility index (Phi) is 12.7. The highest BCUT2D eigenvalue weighted by Crippen LogP contribution is 2.49. The minimum absolute atomic E-state index is 0.0765. The van der Waals surface area contributed by atoms with Gasteiger partial charge < -0.3 is 41.0 Å². The molecule has 2 saturated heterocycles. The Morgan fingerprint density at radius 2 is 1.11 bits per heavy atom. The van der Waals surface area contributed by atoms with Crippen LogP contribution in [-0.4, -0.2) is 97.1 Å². The zero-order valence-corrected chi connectivity index (χ0v) is 32.6. The average molecular weight is 735 g/mol. The van der Waals surface area contributed by atoms with Crippen molar-refractivity contribution in [1.82, 2.24) is 20.4 Å². The monoisotopic (exact) mass is 734 g/mol. The van der Waals surface area contributed by atoms with E-state index in [1.54, 1.807) is 43.3 Å². The zero-order valence-electron chi connectivity index (χ0n) is 32.6. The second kappa shape index (κ2) is 16.5. The number of hydrogen-bond acceptors (Lipinski definition) is 9. The molecule has 290 valence electrons. The molecular formula is C40H58N6O7. The first-order chi connectivity index (χ1) is 24.7. The molecule has 2 aromatic carbocycles. The maximum Gasteiger partial charge on any atom is 0.410 e. The Labute approximate surface area is 313 Å². The molecule has 2 saturated carbocycles. The van der Waals surface area contributed by atoms with Gasteiger partial charge in [-0.05, 0) is 121 Å². The number of anilines is 2. The lowest BCUT2D eigenvalue weighted by atomic mass is 9.65. The van der Waals surface area contributed by atoms with E-state index in [1.165, 1.54) is 0 Å². The highest BCUT2D eigenvalue weighted by atomic mass is 16.6. The van der Waals surface area contributed by atoms with Crippen LogP contribution < -0.4 is 21.7 Å². The van der Waals surface area contributed by atoms with Crippen LogP contribution in [0.4, 0.5) is 21.0 Å². The first kappa shape index (κ1) is 41.0. The number of rotatable bonds is 4. The van der Waals surface area contributed by atoms with Gasteiger partial charge in [-0.25, -0.2) is 9.59 Å². The number of nitrogens with two attached hydrogens (primary N) is 1. The highest BCUT2D eigenvalue weighted by Gasteiger charge is 2.51. The van der Waals surface area contributed by atoms with Crippen LogP contribution in [0.3, 0.4) is 0 Å². The summed E-state index contributed by atoms with van der Waals surface area (Å²) >= 11 is 0. The number of nitrogen functional groups attached to an aromatic ring is 1. The van der Waals surface area contributed by atoms with E-state index in [-0.39, 0.29) is 34.8 Å². The van der Waals surface area contributed by atoms with Gasteiger partial charge in [-0.3, -0.25) is 14.4 Å². The first-order valence-corrected chi connectivity index (χ1v) is 18.4. The number of likely N-dealkylation sites (tertiary alicyclic amines) is 2. The highest BCUT2D eigenvalue weighted by molar-refractivity contribution is 5.94. The van der Waals surface area contributed by atoms with Crippen molar-refractivity contribution >= 4 is 41.2 Å². The van der Waals surface area contributed by atoms with E-state index in [0.29, 0.717) is 48.0 Å². The normalized spacial score (nSPS) is 21.2. The van der Waals surface area contributed by atoms with E-state index in [9.17, 15) is 24.0 Å². The predicted molar refractivity (Wildman–Crippen MR) is 205 cm³/mol. The minimum atomic E-state index is -0.447. The largest absolute Gasteiger partial charge is 0.444 e. The fraction of sp³-hybridized carbons (Fsp3) is 0.575. The molecule has 6 rings (SSSR count). The van der Waals surface area contributed by atoms with Crippen molar-refractivity contribution in [3.63, 3.8) is 0 Å². The van der Waals surface area contributed by atoms with Crippen LogP contribution in [0, 0.1) is 10.8 Å². The lowest BCUT2D eigenvalue weighted by Gasteiger charge is -2.45. The van der Waals surface area contributed by atoms with Crippen molar-refractivity contribution in [2.45, 2.75) is 97.3 Å². The van der Waals surface area contributed by atoms with Crippen LogP contribution in [0.2, 0.25) is 0 Å². The number of nitrogens with one attached hydrogen (secondary N) is 3. The summed E-state index contributed by atoms with van der Waals surface area (Å²) in [5.74, 6) is 0.156. The molecule has 13 heteroatoms. The van der Waals surface area contributed by atoms with Gasteiger partial charge in [0.1, 0.15) is 17.0 Å². The van der Waals surface area contributed by atoms with E-state index < -0.39 is 11.2 Å². The fourth-order valence-corrected chi connectivity index (χ4v) is 7.21. The van der Waals surface area contributed by atoms with Crippen molar-refractivity contribution in [3.8, 4) is 0 Å². The van der Waals surface area contributed by atoms with Gasteiger partial charge in [-0.15, -0.1) is 0 Å². The molecule has 2 aliphatic heterocycles. The van der Waals surface area contributed by atoms with Crippen molar-refractivity contribution in [1.29, 1.82) is 0 Å². The number of benzene rings is 2. The first-order valence-electron chi connectivity index (χ1n) is 18.4. The Morgan fingerprint density at radius 1 is 0.698 bits per heavy atom. The molecule has 0 atom stereocenters. The number of ketones is 1. The van der Waals surface area contributed by atoms with Gasteiger partial charge in [0.05, 0.1) is 0 Å². The molecule has 0 bridgehead atoms. The Balaban J connectivity index is 0.000000197. The predicted octanol–water partition coefficient (Wildman–Crippen LogP) is 5.85. The van der Waals surface area contributed by atoms with E-state index in [4.69, 9.17) is 15.2 Å². The lowest BCUT2D eigenvalue weighted by Crippen LogP contribution is -2.47. The molecule has 4 amide bonds. The molecule has 2 heterocycles. The minimum Gasteiger partial charge on any atom is -0.444 e. The summed E-state index contributed by atoms with van der Waals surface area (Å²) < 4.78 is 10.8. The molecule has 2 spiro atoms. The molecular weight excluding hydrogens is 676 g/mol. The zero-order chi connectivity index (χ0) is 39.2. The fourth-order valence-electron chi connectivity index (χ4n) is 7.21. The third-order valence-corrected chi connectivity index (χ3v) is 9.83. The quantitative estimate of drug-likeness (QED) is 0.281. The van der Waals surface area contributed by atoms with Crippen LogP contribution in [0.15, 0.2) is 48.5 Å². The molecule has 5 N–H and O–H groups in total. The number of nitrogens with zero attached hydrogens (tertiary/aromatic N) is 2. The number of amides is 4. The molecule has 2 aliphatic carbocycles. The lowest BCUT2D eigenvalue weighted by molar-refractivity contribution is -0.132. The van der Waals surface area contributed by atoms with Crippen molar-refractivity contribution in [2.24, 2.45) is 10.8 Å². The van der Waals surface area contributed by atoms with Crippen LogP contribution in [-0.2, 0) is 14.3 Å². The summed E-state index contributed by atoms with van der Waals surface area (Å²) in [5.41, 5.74) is 7.85. The molecule has 0 radical (unpaired) electrons. The van der Waals surface area contributed by atoms with Crippen LogP contribution in [0.1, 0.15) is 101 Å². The molecule has 4 aliphatic rings. The van der Waals surface area contributed by atoms with Gasteiger partial charge in [-0.2, -0.15) is 0 Å². The molecule has 53 heavy (non-hydrogen) atoms. The number of ether oxygens (including phenoxy) is 2. The van der Waals surface area contributed by atoms with Gasteiger partial charge in [0.25, 0.3) is 11.8 Å². The smallest absolute Gasteiger partial charge is 0.410 e. The van der Waals surface area contributed by atoms with Crippen molar-refractivity contribution < 1.29 is 33.4 Å². The van der Waals surface area contributed by atoms with Gasteiger partial charge >= 0.3 is 12.2 Å². The summed E-state index contributed by atoms with van der Waals surface area (Å²) in [4.78, 5) is 61.2. The standard InChI is InChI=1S/C20H29N3O3.C12H19NO3.C8H10N2O/c1-19(2,3)26-18(25)23-10-9-20(13-23)11-16(12-20)22-15-7-5-14(6-8-15)17(24)21-4;1-11(2,3)16-10(15)13-5-4-12(8-13)6-9(14)7-12;1-10-8(11)6-2-4-7(9)5-3-6/h5-8,16,22H,9-13H2,1-4H3,(H,21,24);4-8H2,1-3H3;2-5H,9H2,1H3,(H,10,11). The summed E-state index contributed by atoms with van der Waals surface area (Å²) in [5, 5.41) is 8.67.